The maximum Gasteiger partial charge on any atom is 0.189 e. The average Bonchev–Trinajstić information content (AvgIpc) is 2.52. The van der Waals surface area contributed by atoms with Gasteiger partial charge in [0, 0.05) is 6.07 Å². The molecule has 0 saturated carbocycles. The van der Waals surface area contributed by atoms with E-state index in [2.05, 4.69) is 0 Å². The molecule has 108 valence electrons. The Morgan fingerprint density at radius 3 is 2.50 bits per heavy atom. The van der Waals surface area contributed by atoms with Crippen molar-refractivity contribution in [3.63, 3.8) is 0 Å². The summed E-state index contributed by atoms with van der Waals surface area (Å²) >= 11 is 0. The van der Waals surface area contributed by atoms with Crippen molar-refractivity contribution in [2.24, 2.45) is 0 Å². The molecule has 0 heterocycles. The van der Waals surface area contributed by atoms with Gasteiger partial charge < -0.3 is 10.2 Å². The van der Waals surface area contributed by atoms with Crippen LogP contribution in [0, 0.1) is 0 Å². The second-order valence-electron chi connectivity index (χ2n) is 4.97. The van der Waals surface area contributed by atoms with E-state index in [4.69, 9.17) is 0 Å². The van der Waals surface area contributed by atoms with Crippen molar-refractivity contribution in [1.82, 2.24) is 0 Å². The molecular formula is C19H14O3. The first-order valence-corrected chi connectivity index (χ1v) is 6.87. The fourth-order valence-corrected chi connectivity index (χ4v) is 2.38. The topological polar surface area (TPSA) is 57.5 Å². The monoisotopic (exact) mass is 290 g/mol. The first-order valence-electron chi connectivity index (χ1n) is 6.87. The molecule has 22 heavy (non-hydrogen) atoms. The lowest BCUT2D eigenvalue weighted by Gasteiger charge is -2.03. The number of benzene rings is 3. The summed E-state index contributed by atoms with van der Waals surface area (Å²) in [5.74, 6) is -0.620. The zero-order chi connectivity index (χ0) is 15.5. The maximum absolute atomic E-state index is 12.2. The molecule has 0 aliphatic carbocycles. The standard InChI is InChI=1S/C19H14O3/c20-15-9-10-17(19(22)12-15)18(21)11-8-14-6-3-5-13-4-1-2-7-16(13)14/h1-12,20,22H. The van der Waals surface area contributed by atoms with Crippen LogP contribution in [0.3, 0.4) is 0 Å². The van der Waals surface area contributed by atoms with E-state index in [9.17, 15) is 15.0 Å². The summed E-state index contributed by atoms with van der Waals surface area (Å²) in [5, 5.41) is 21.1. The van der Waals surface area contributed by atoms with Gasteiger partial charge in [-0.25, -0.2) is 0 Å². The minimum absolute atomic E-state index is 0.0768. The molecule has 0 aliphatic heterocycles. The average molecular weight is 290 g/mol. The number of carbonyl (C=O) groups is 1. The van der Waals surface area contributed by atoms with Gasteiger partial charge in [0.1, 0.15) is 11.5 Å². The van der Waals surface area contributed by atoms with E-state index in [-0.39, 0.29) is 22.8 Å². The van der Waals surface area contributed by atoms with Gasteiger partial charge in [0.15, 0.2) is 5.78 Å². The Bertz CT molecular complexity index is 873. The Hall–Kier alpha value is -3.07. The van der Waals surface area contributed by atoms with Gasteiger partial charge in [-0.3, -0.25) is 4.79 Å². The lowest BCUT2D eigenvalue weighted by molar-refractivity contribution is 0.104. The Balaban J connectivity index is 1.94. The molecular weight excluding hydrogens is 276 g/mol. The third-order valence-electron chi connectivity index (χ3n) is 3.48. The molecule has 0 spiro atoms. The molecule has 3 heteroatoms. The molecule has 0 saturated heterocycles. The number of phenols is 2. The summed E-state index contributed by atoms with van der Waals surface area (Å²) in [7, 11) is 0. The van der Waals surface area contributed by atoms with E-state index < -0.39 is 0 Å². The molecule has 2 N–H and O–H groups in total. The minimum Gasteiger partial charge on any atom is -0.508 e. The zero-order valence-electron chi connectivity index (χ0n) is 11.7. The maximum atomic E-state index is 12.2. The van der Waals surface area contributed by atoms with Crippen LogP contribution in [0.15, 0.2) is 66.7 Å². The SMILES string of the molecule is O=C(C=Cc1cccc2ccccc12)c1ccc(O)cc1O. The number of phenolic OH excluding ortho intramolecular Hbond substituents is 2. The molecule has 0 bridgehead atoms. The van der Waals surface area contributed by atoms with Crippen LogP contribution < -0.4 is 0 Å². The van der Waals surface area contributed by atoms with Gasteiger partial charge in [-0.2, -0.15) is 0 Å². The van der Waals surface area contributed by atoms with Gasteiger partial charge in [-0.1, -0.05) is 48.5 Å². The van der Waals surface area contributed by atoms with Crippen LogP contribution in [0.2, 0.25) is 0 Å². The summed E-state index contributed by atoms with van der Waals surface area (Å²) in [6, 6.07) is 17.7. The molecule has 0 radical (unpaired) electrons. The smallest absolute Gasteiger partial charge is 0.189 e. The van der Waals surface area contributed by atoms with Gasteiger partial charge in [0.2, 0.25) is 0 Å². The van der Waals surface area contributed by atoms with Crippen LogP contribution in [0.1, 0.15) is 15.9 Å². The van der Waals surface area contributed by atoms with Crippen LogP contribution in [0.25, 0.3) is 16.8 Å². The summed E-state index contributed by atoms with van der Waals surface area (Å²) in [4.78, 5) is 12.2. The van der Waals surface area contributed by atoms with Crippen molar-refractivity contribution in [3.8, 4) is 11.5 Å². The van der Waals surface area contributed by atoms with Crippen molar-refractivity contribution in [1.29, 1.82) is 0 Å². The van der Waals surface area contributed by atoms with Crippen molar-refractivity contribution in [2.45, 2.75) is 0 Å². The number of rotatable bonds is 3. The fraction of sp³-hybridized carbons (Fsp3) is 0. The van der Waals surface area contributed by atoms with Crippen LogP contribution in [-0.4, -0.2) is 16.0 Å². The van der Waals surface area contributed by atoms with Crippen molar-refractivity contribution < 1.29 is 15.0 Å². The van der Waals surface area contributed by atoms with Crippen LogP contribution >= 0.6 is 0 Å². The summed E-state index contributed by atoms with van der Waals surface area (Å²) in [6.45, 7) is 0. The second kappa shape index (κ2) is 5.74. The zero-order valence-corrected chi connectivity index (χ0v) is 11.7. The highest BCUT2D eigenvalue weighted by Gasteiger charge is 2.08. The third kappa shape index (κ3) is 2.69. The lowest BCUT2D eigenvalue weighted by atomic mass is 10.0. The Labute approximate surface area is 127 Å². The number of hydrogen-bond acceptors (Lipinski definition) is 3. The van der Waals surface area contributed by atoms with E-state index in [1.165, 1.54) is 18.2 Å². The molecule has 3 aromatic rings. The predicted molar refractivity (Wildman–Crippen MR) is 87.1 cm³/mol. The van der Waals surface area contributed by atoms with Crippen LogP contribution in [-0.2, 0) is 0 Å². The molecule has 0 amide bonds. The fourth-order valence-electron chi connectivity index (χ4n) is 2.38. The molecule has 0 fully saturated rings. The number of carbonyl (C=O) groups excluding carboxylic acids is 1. The number of fused-ring (bicyclic) bond motifs is 1. The Morgan fingerprint density at radius 1 is 0.909 bits per heavy atom. The minimum atomic E-state index is -0.314. The summed E-state index contributed by atoms with van der Waals surface area (Å²) in [6.07, 6.45) is 3.16. The molecule has 0 atom stereocenters. The highest BCUT2D eigenvalue weighted by Crippen LogP contribution is 2.24. The molecule has 3 nitrogen and oxygen atoms in total. The number of allylic oxidation sites excluding steroid dienone is 1. The first kappa shape index (κ1) is 13.9. The first-order chi connectivity index (χ1) is 10.6. The Kier molecular flexibility index (Phi) is 3.62. The van der Waals surface area contributed by atoms with Gasteiger partial charge in [-0.05, 0) is 34.5 Å². The van der Waals surface area contributed by atoms with E-state index in [1.807, 2.05) is 42.5 Å². The third-order valence-corrected chi connectivity index (χ3v) is 3.48. The van der Waals surface area contributed by atoms with Gasteiger partial charge in [-0.15, -0.1) is 0 Å². The van der Waals surface area contributed by atoms with Crippen LogP contribution in [0.5, 0.6) is 11.5 Å². The predicted octanol–water partition coefficient (Wildman–Crippen LogP) is 4.15. The largest absolute Gasteiger partial charge is 0.508 e. The van der Waals surface area contributed by atoms with E-state index >= 15 is 0 Å². The molecule has 0 unspecified atom stereocenters. The number of aromatic hydroxyl groups is 2. The second-order valence-corrected chi connectivity index (χ2v) is 4.97. The molecule has 3 aromatic carbocycles. The molecule has 0 aromatic heterocycles. The van der Waals surface area contributed by atoms with Crippen molar-refractivity contribution in [3.05, 3.63) is 77.9 Å². The molecule has 0 aliphatic rings. The highest BCUT2D eigenvalue weighted by atomic mass is 16.3. The Morgan fingerprint density at radius 2 is 1.68 bits per heavy atom. The number of ketones is 1. The normalized spacial score (nSPS) is 11.1. The van der Waals surface area contributed by atoms with Crippen molar-refractivity contribution >= 4 is 22.6 Å². The number of hydrogen-bond donors (Lipinski definition) is 2. The van der Waals surface area contributed by atoms with E-state index in [0.29, 0.717) is 0 Å². The van der Waals surface area contributed by atoms with E-state index in [1.54, 1.807) is 6.08 Å². The van der Waals surface area contributed by atoms with Gasteiger partial charge in [0.25, 0.3) is 0 Å². The summed E-state index contributed by atoms with van der Waals surface area (Å²) in [5.41, 5.74) is 1.10. The van der Waals surface area contributed by atoms with Crippen LogP contribution in [0.4, 0.5) is 0 Å². The molecule has 3 rings (SSSR count). The quantitative estimate of drug-likeness (QED) is 0.563. The van der Waals surface area contributed by atoms with Crippen molar-refractivity contribution in [2.75, 3.05) is 0 Å². The van der Waals surface area contributed by atoms with Gasteiger partial charge in [0.05, 0.1) is 5.56 Å². The van der Waals surface area contributed by atoms with E-state index in [0.717, 1.165) is 22.4 Å². The summed E-state index contributed by atoms with van der Waals surface area (Å²) < 4.78 is 0. The highest BCUT2D eigenvalue weighted by molar-refractivity contribution is 6.09. The lowest BCUT2D eigenvalue weighted by Crippen LogP contribution is -1.94. The van der Waals surface area contributed by atoms with Gasteiger partial charge >= 0.3 is 0 Å².